The van der Waals surface area contributed by atoms with Gasteiger partial charge in [0.15, 0.2) is 17.5 Å². The molecule has 12 heteroatoms. The molecule has 1 saturated carbocycles. The van der Waals surface area contributed by atoms with Gasteiger partial charge in [0.25, 0.3) is 0 Å². The monoisotopic (exact) mass is 586 g/mol. The highest BCUT2D eigenvalue weighted by molar-refractivity contribution is 5.25. The zero-order chi connectivity index (χ0) is 29.3. The number of alkyl halides is 6. The summed E-state index contributed by atoms with van der Waals surface area (Å²) in [5, 5.41) is 0. The molecule has 1 aromatic rings. The van der Waals surface area contributed by atoms with Crippen LogP contribution in [0.15, 0.2) is 35.9 Å². The zero-order valence-corrected chi connectivity index (χ0v) is 21.8. The molecule has 224 valence electrons. The first-order valence-corrected chi connectivity index (χ1v) is 13.3. The molecule has 1 aromatic carbocycles. The van der Waals surface area contributed by atoms with Crippen molar-refractivity contribution in [3.8, 4) is 5.75 Å². The van der Waals surface area contributed by atoms with Gasteiger partial charge in [0.05, 0.1) is 19.1 Å². The number of hydrogen-bond acceptors (Lipinski definition) is 3. The third-order valence-electron chi connectivity index (χ3n) is 8.08. The van der Waals surface area contributed by atoms with E-state index < -0.39 is 58.9 Å². The van der Waals surface area contributed by atoms with Crippen LogP contribution in [0.5, 0.6) is 5.75 Å². The van der Waals surface area contributed by atoms with E-state index in [-0.39, 0.29) is 63.1 Å². The second-order valence-electron chi connectivity index (χ2n) is 10.7. The summed E-state index contributed by atoms with van der Waals surface area (Å²) in [7, 11) is 0. The molecule has 1 saturated heterocycles. The van der Waals surface area contributed by atoms with Crippen molar-refractivity contribution in [3.05, 3.63) is 53.4 Å². The normalized spacial score (nSPS) is 28.9. The van der Waals surface area contributed by atoms with Gasteiger partial charge in [-0.2, -0.15) is 26.3 Å². The molecule has 3 nitrogen and oxygen atoms in total. The van der Waals surface area contributed by atoms with E-state index in [0.717, 1.165) is 6.08 Å². The Hall–Kier alpha value is -2.21. The van der Waals surface area contributed by atoms with Crippen LogP contribution in [0.3, 0.4) is 0 Å². The average molecular weight is 587 g/mol. The van der Waals surface area contributed by atoms with Crippen molar-refractivity contribution in [2.75, 3.05) is 13.2 Å². The van der Waals surface area contributed by atoms with E-state index in [4.69, 9.17) is 9.47 Å². The Balaban J connectivity index is 1.31. The lowest BCUT2D eigenvalue weighted by Crippen LogP contribution is -2.55. The third-order valence-corrected chi connectivity index (χ3v) is 8.08. The molecule has 0 bridgehead atoms. The maximum atomic E-state index is 15.0. The molecule has 1 unspecified atom stereocenters. The summed E-state index contributed by atoms with van der Waals surface area (Å²) in [6, 6.07) is 0.687. The Morgan fingerprint density at radius 2 is 1.45 bits per heavy atom. The predicted octanol–water partition coefficient (Wildman–Crippen LogP) is 8.44. The highest BCUT2D eigenvalue weighted by atomic mass is 19.3. The van der Waals surface area contributed by atoms with Crippen molar-refractivity contribution in [1.29, 1.82) is 0 Å². The summed E-state index contributed by atoms with van der Waals surface area (Å²) in [6.45, 7) is 1.41. The lowest BCUT2D eigenvalue weighted by atomic mass is 9.70. The number of allylic oxidation sites excluding steroid dienone is 3. The second kappa shape index (κ2) is 12.0. The van der Waals surface area contributed by atoms with Crippen molar-refractivity contribution in [1.82, 2.24) is 0 Å². The minimum Gasteiger partial charge on any atom is -0.432 e. The molecule has 2 fully saturated rings. The highest BCUT2D eigenvalue weighted by Gasteiger charge is 2.65. The summed E-state index contributed by atoms with van der Waals surface area (Å²) >= 11 is 0. The maximum absolute atomic E-state index is 15.0. The van der Waals surface area contributed by atoms with E-state index in [9.17, 15) is 39.5 Å². The molecular weight excluding hydrogens is 555 g/mol. The van der Waals surface area contributed by atoms with E-state index >= 15 is 0 Å². The van der Waals surface area contributed by atoms with E-state index in [2.05, 4.69) is 4.74 Å². The molecule has 0 amide bonds. The average Bonchev–Trinajstić information content (AvgIpc) is 2.92. The van der Waals surface area contributed by atoms with Crippen LogP contribution in [0.4, 0.5) is 39.5 Å². The molecule has 2 aliphatic carbocycles. The fourth-order valence-corrected chi connectivity index (χ4v) is 5.80. The Bertz CT molecular complexity index is 1070. The molecule has 1 heterocycles. The van der Waals surface area contributed by atoms with E-state index in [1.54, 1.807) is 19.1 Å². The number of halogens is 9. The molecule has 0 spiro atoms. The largest absolute Gasteiger partial charge is 0.432 e. The van der Waals surface area contributed by atoms with Crippen molar-refractivity contribution in [2.45, 2.75) is 76.1 Å². The fourth-order valence-electron chi connectivity index (χ4n) is 5.80. The van der Waals surface area contributed by atoms with Crippen LogP contribution in [-0.2, 0) is 9.47 Å². The molecule has 0 aromatic heterocycles. The number of hydrogen-bond donors (Lipinski definition) is 0. The smallest absolute Gasteiger partial charge is 0.400 e. The Labute approximate surface area is 226 Å². The summed E-state index contributed by atoms with van der Waals surface area (Å²) in [4.78, 5) is 0. The fraction of sp³-hybridized carbons (Fsp3) is 0.643. The van der Waals surface area contributed by atoms with Crippen LogP contribution in [0.25, 0.3) is 0 Å². The minimum atomic E-state index is -4.58. The number of ether oxygens (including phenoxy) is 3. The van der Waals surface area contributed by atoms with E-state index in [1.807, 2.05) is 0 Å². The van der Waals surface area contributed by atoms with Crippen LogP contribution >= 0.6 is 0 Å². The van der Waals surface area contributed by atoms with Gasteiger partial charge in [0, 0.05) is 23.6 Å². The van der Waals surface area contributed by atoms with Crippen LogP contribution in [-0.4, -0.2) is 37.5 Å². The van der Waals surface area contributed by atoms with Crippen molar-refractivity contribution >= 4 is 0 Å². The van der Waals surface area contributed by atoms with Crippen LogP contribution in [0.2, 0.25) is 0 Å². The van der Waals surface area contributed by atoms with E-state index in [1.165, 1.54) is 0 Å². The lowest BCUT2D eigenvalue weighted by molar-refractivity contribution is -0.337. The molecule has 0 N–H and O–H groups in total. The Morgan fingerprint density at radius 1 is 0.850 bits per heavy atom. The van der Waals surface area contributed by atoms with Gasteiger partial charge in [-0.1, -0.05) is 18.2 Å². The third kappa shape index (κ3) is 6.32. The zero-order valence-electron chi connectivity index (χ0n) is 21.8. The predicted molar refractivity (Wildman–Crippen MR) is 127 cm³/mol. The number of benzene rings is 1. The molecular formula is C28H31F9O3. The van der Waals surface area contributed by atoms with Gasteiger partial charge in [-0.3, -0.25) is 0 Å². The van der Waals surface area contributed by atoms with Gasteiger partial charge < -0.3 is 14.2 Å². The molecule has 1 aliphatic heterocycles. The molecule has 1 atom stereocenters. The van der Waals surface area contributed by atoms with Gasteiger partial charge in [0.2, 0.25) is 6.29 Å². The molecule has 4 rings (SSSR count). The Morgan fingerprint density at radius 3 is 1.98 bits per heavy atom. The van der Waals surface area contributed by atoms with Crippen molar-refractivity contribution in [3.63, 3.8) is 0 Å². The van der Waals surface area contributed by atoms with E-state index in [0.29, 0.717) is 25.0 Å². The van der Waals surface area contributed by atoms with Gasteiger partial charge in [-0.15, -0.1) is 0 Å². The van der Waals surface area contributed by atoms with Gasteiger partial charge in [-0.05, 0) is 63.7 Å². The standard InChI is InChI=1S/C28H31F9O3/c1-2-3-16-14-38-25(39-15-16)27(34,35)26(32,33)19-8-4-17(5-9-19)18-6-10-20(11-7-18)28(36,37)40-21-12-22(29)24(31)23(30)13-21/h2-3,8,12-13,16-18,20,25H,4-7,9-11,14-15H2,1H3/b3-2+. The van der Waals surface area contributed by atoms with Crippen LogP contribution in [0, 0.1) is 41.1 Å². The summed E-state index contributed by atoms with van der Waals surface area (Å²) in [5.74, 6) is -16.8. The molecule has 3 aliphatic rings. The summed E-state index contributed by atoms with van der Waals surface area (Å²) in [5.41, 5.74) is -0.691. The van der Waals surface area contributed by atoms with Crippen LogP contribution < -0.4 is 4.74 Å². The highest BCUT2D eigenvalue weighted by Crippen LogP contribution is 2.50. The molecule has 0 radical (unpaired) electrons. The maximum Gasteiger partial charge on any atom is 0.400 e. The topological polar surface area (TPSA) is 27.7 Å². The SMILES string of the molecule is C/C=C/C1COC(C(F)(F)C(F)(F)C2=CCC(C3CCC(C(F)(F)Oc4cc(F)c(F)c(F)c4)CC3)CC2)OC1. The van der Waals surface area contributed by atoms with Crippen molar-refractivity contribution < 1.29 is 53.7 Å². The Kier molecular flexibility index (Phi) is 9.19. The second-order valence-corrected chi connectivity index (χ2v) is 10.7. The van der Waals surface area contributed by atoms with Gasteiger partial charge in [0.1, 0.15) is 5.75 Å². The first kappa shape index (κ1) is 30.7. The quantitative estimate of drug-likeness (QED) is 0.174. The summed E-state index contributed by atoms with van der Waals surface area (Å²) in [6.07, 6.45) is -1.00. The first-order chi connectivity index (χ1) is 18.8. The van der Waals surface area contributed by atoms with Gasteiger partial charge >= 0.3 is 18.0 Å². The van der Waals surface area contributed by atoms with Crippen molar-refractivity contribution in [2.24, 2.45) is 23.7 Å². The number of rotatable bonds is 8. The first-order valence-electron chi connectivity index (χ1n) is 13.3. The molecule has 40 heavy (non-hydrogen) atoms. The lowest BCUT2D eigenvalue weighted by Gasteiger charge is -2.40. The van der Waals surface area contributed by atoms with Crippen LogP contribution in [0.1, 0.15) is 51.9 Å². The minimum absolute atomic E-state index is 0.00427. The van der Waals surface area contributed by atoms with Gasteiger partial charge in [-0.25, -0.2) is 13.2 Å². The summed E-state index contributed by atoms with van der Waals surface area (Å²) < 4.78 is 143.